The summed E-state index contributed by atoms with van der Waals surface area (Å²) in [6.45, 7) is 2.09. The van der Waals surface area contributed by atoms with Crippen molar-refractivity contribution in [1.29, 1.82) is 0 Å². The Morgan fingerprint density at radius 2 is 1.60 bits per heavy atom. The smallest absolute Gasteiger partial charge is 0.162 e. The van der Waals surface area contributed by atoms with Crippen LogP contribution in [0.4, 0.5) is 5.82 Å². The zero-order chi connectivity index (χ0) is 13.9. The van der Waals surface area contributed by atoms with Gasteiger partial charge in [0, 0.05) is 10.9 Å². The SMILES string of the molecule is Cc1c(-c2ccccc2)nc(N=CN)c2ccccc12. The van der Waals surface area contributed by atoms with E-state index in [1.165, 1.54) is 6.34 Å². The summed E-state index contributed by atoms with van der Waals surface area (Å²) in [5.41, 5.74) is 8.64. The molecule has 3 heteroatoms. The molecular formula is C17H15N3. The van der Waals surface area contributed by atoms with Crippen molar-refractivity contribution in [3.05, 3.63) is 60.2 Å². The van der Waals surface area contributed by atoms with Crippen molar-refractivity contribution < 1.29 is 0 Å². The second-order valence-electron chi connectivity index (χ2n) is 4.60. The van der Waals surface area contributed by atoms with Gasteiger partial charge in [0.15, 0.2) is 5.82 Å². The van der Waals surface area contributed by atoms with E-state index < -0.39 is 0 Å². The molecule has 0 saturated heterocycles. The van der Waals surface area contributed by atoms with Gasteiger partial charge in [-0.3, -0.25) is 0 Å². The minimum absolute atomic E-state index is 0.660. The lowest BCUT2D eigenvalue weighted by atomic mass is 10.0. The Hall–Kier alpha value is -2.68. The Bertz CT molecular complexity index is 777. The monoisotopic (exact) mass is 261 g/mol. The van der Waals surface area contributed by atoms with Gasteiger partial charge >= 0.3 is 0 Å². The van der Waals surface area contributed by atoms with E-state index in [1.807, 2.05) is 36.4 Å². The number of aryl methyl sites for hydroxylation is 1. The normalized spacial score (nSPS) is 11.2. The standard InChI is InChI=1S/C17H15N3/c1-12-14-9-5-6-10-15(14)17(19-11-18)20-16(12)13-7-3-2-4-8-13/h2-11H,1H3,(H2,18,19,20). The maximum absolute atomic E-state index is 5.45. The maximum atomic E-state index is 5.45. The molecule has 0 aliphatic carbocycles. The number of rotatable bonds is 2. The van der Waals surface area contributed by atoms with E-state index in [2.05, 4.69) is 35.1 Å². The van der Waals surface area contributed by atoms with Crippen LogP contribution in [0.3, 0.4) is 0 Å². The molecule has 0 atom stereocenters. The third kappa shape index (κ3) is 2.03. The van der Waals surface area contributed by atoms with Gasteiger partial charge in [0.25, 0.3) is 0 Å². The highest BCUT2D eigenvalue weighted by molar-refractivity contribution is 5.97. The zero-order valence-electron chi connectivity index (χ0n) is 11.2. The number of nitrogens with zero attached hydrogens (tertiary/aromatic N) is 2. The highest BCUT2D eigenvalue weighted by Crippen LogP contribution is 2.33. The van der Waals surface area contributed by atoms with Crippen molar-refractivity contribution in [3.63, 3.8) is 0 Å². The van der Waals surface area contributed by atoms with Crippen LogP contribution in [0.15, 0.2) is 59.6 Å². The summed E-state index contributed by atoms with van der Waals surface area (Å²) in [4.78, 5) is 8.89. The van der Waals surface area contributed by atoms with Crippen molar-refractivity contribution in [3.8, 4) is 11.3 Å². The van der Waals surface area contributed by atoms with Crippen LogP contribution in [-0.2, 0) is 0 Å². The number of benzene rings is 2. The molecule has 98 valence electrons. The Balaban J connectivity index is 2.36. The lowest BCUT2D eigenvalue weighted by Crippen LogP contribution is -1.93. The van der Waals surface area contributed by atoms with Gasteiger partial charge in [-0.1, -0.05) is 54.6 Å². The summed E-state index contributed by atoms with van der Waals surface area (Å²) in [5, 5.41) is 2.17. The van der Waals surface area contributed by atoms with Gasteiger partial charge in [0.05, 0.1) is 12.0 Å². The molecule has 3 rings (SSSR count). The first-order valence-corrected chi connectivity index (χ1v) is 6.50. The van der Waals surface area contributed by atoms with E-state index in [-0.39, 0.29) is 0 Å². The van der Waals surface area contributed by atoms with Gasteiger partial charge in [-0.25, -0.2) is 9.98 Å². The second-order valence-corrected chi connectivity index (χ2v) is 4.60. The number of pyridine rings is 1. The molecule has 0 aliphatic rings. The molecule has 3 nitrogen and oxygen atoms in total. The van der Waals surface area contributed by atoms with Gasteiger partial charge < -0.3 is 5.73 Å². The van der Waals surface area contributed by atoms with Crippen molar-refractivity contribution in [2.45, 2.75) is 6.92 Å². The summed E-state index contributed by atoms with van der Waals surface area (Å²) in [6, 6.07) is 18.3. The summed E-state index contributed by atoms with van der Waals surface area (Å²) >= 11 is 0. The van der Waals surface area contributed by atoms with E-state index in [1.54, 1.807) is 0 Å². The quantitative estimate of drug-likeness (QED) is 0.563. The number of hydrogen-bond acceptors (Lipinski definition) is 2. The summed E-state index contributed by atoms with van der Waals surface area (Å²) < 4.78 is 0. The molecule has 0 saturated carbocycles. The highest BCUT2D eigenvalue weighted by Gasteiger charge is 2.11. The molecule has 0 bridgehead atoms. The molecule has 0 aliphatic heterocycles. The number of aliphatic imine (C=N–C) groups is 1. The van der Waals surface area contributed by atoms with Crippen LogP contribution in [-0.4, -0.2) is 11.3 Å². The van der Waals surface area contributed by atoms with Crippen molar-refractivity contribution in [1.82, 2.24) is 4.98 Å². The summed E-state index contributed by atoms with van der Waals surface area (Å²) in [6.07, 6.45) is 1.29. The first kappa shape index (κ1) is 12.4. The average Bonchev–Trinajstić information content (AvgIpc) is 2.51. The number of fused-ring (bicyclic) bond motifs is 1. The minimum atomic E-state index is 0.660. The Kier molecular flexibility index (Phi) is 3.17. The van der Waals surface area contributed by atoms with Crippen LogP contribution in [0, 0.1) is 6.92 Å². The molecule has 3 aromatic rings. The Morgan fingerprint density at radius 3 is 2.30 bits per heavy atom. The van der Waals surface area contributed by atoms with E-state index in [9.17, 15) is 0 Å². The Labute approximate surface area is 117 Å². The van der Waals surface area contributed by atoms with Gasteiger partial charge in [-0.2, -0.15) is 0 Å². The summed E-state index contributed by atoms with van der Waals surface area (Å²) in [5.74, 6) is 0.660. The molecule has 0 amide bonds. The third-order valence-electron chi connectivity index (χ3n) is 3.39. The first-order valence-electron chi connectivity index (χ1n) is 6.50. The van der Waals surface area contributed by atoms with Gasteiger partial charge in [0.1, 0.15) is 0 Å². The van der Waals surface area contributed by atoms with Crippen LogP contribution >= 0.6 is 0 Å². The van der Waals surface area contributed by atoms with Crippen LogP contribution in [0.2, 0.25) is 0 Å². The lowest BCUT2D eigenvalue weighted by molar-refractivity contribution is 1.27. The molecule has 2 aromatic carbocycles. The fraction of sp³-hybridized carbons (Fsp3) is 0.0588. The van der Waals surface area contributed by atoms with Crippen LogP contribution in [0.25, 0.3) is 22.0 Å². The molecule has 0 spiro atoms. The number of nitrogens with two attached hydrogens (primary N) is 1. The molecule has 0 unspecified atom stereocenters. The molecular weight excluding hydrogens is 246 g/mol. The van der Waals surface area contributed by atoms with Crippen molar-refractivity contribution in [2.75, 3.05) is 0 Å². The number of aromatic nitrogens is 1. The molecule has 1 aromatic heterocycles. The van der Waals surface area contributed by atoms with Crippen LogP contribution in [0.5, 0.6) is 0 Å². The largest absolute Gasteiger partial charge is 0.390 e. The Morgan fingerprint density at radius 1 is 0.950 bits per heavy atom. The average molecular weight is 261 g/mol. The fourth-order valence-corrected chi connectivity index (χ4v) is 2.43. The second kappa shape index (κ2) is 5.13. The van der Waals surface area contributed by atoms with Crippen molar-refractivity contribution in [2.24, 2.45) is 10.7 Å². The predicted octanol–water partition coefficient (Wildman–Crippen LogP) is 3.83. The van der Waals surface area contributed by atoms with Gasteiger partial charge in [0.2, 0.25) is 0 Å². The molecule has 0 fully saturated rings. The first-order chi connectivity index (χ1) is 9.81. The summed E-state index contributed by atoms with van der Waals surface area (Å²) in [7, 11) is 0. The van der Waals surface area contributed by atoms with Gasteiger partial charge in [-0.05, 0) is 17.9 Å². The zero-order valence-corrected chi connectivity index (χ0v) is 11.2. The molecule has 0 radical (unpaired) electrons. The topological polar surface area (TPSA) is 51.3 Å². The van der Waals surface area contributed by atoms with E-state index in [0.717, 1.165) is 27.6 Å². The molecule has 1 heterocycles. The van der Waals surface area contributed by atoms with Crippen LogP contribution in [0.1, 0.15) is 5.56 Å². The van der Waals surface area contributed by atoms with E-state index in [0.29, 0.717) is 5.82 Å². The fourth-order valence-electron chi connectivity index (χ4n) is 2.43. The molecule has 2 N–H and O–H groups in total. The minimum Gasteiger partial charge on any atom is -0.390 e. The van der Waals surface area contributed by atoms with Crippen LogP contribution < -0.4 is 5.73 Å². The van der Waals surface area contributed by atoms with E-state index in [4.69, 9.17) is 5.73 Å². The lowest BCUT2D eigenvalue weighted by Gasteiger charge is -2.11. The maximum Gasteiger partial charge on any atom is 0.162 e. The predicted molar refractivity (Wildman–Crippen MR) is 84.3 cm³/mol. The molecule has 20 heavy (non-hydrogen) atoms. The highest BCUT2D eigenvalue weighted by atomic mass is 14.9. The number of hydrogen-bond donors (Lipinski definition) is 1. The van der Waals surface area contributed by atoms with Gasteiger partial charge in [-0.15, -0.1) is 0 Å². The third-order valence-corrected chi connectivity index (χ3v) is 3.39. The van der Waals surface area contributed by atoms with E-state index >= 15 is 0 Å². The van der Waals surface area contributed by atoms with Crippen molar-refractivity contribution >= 4 is 22.9 Å².